The first-order valence-corrected chi connectivity index (χ1v) is 7.76. The molecule has 1 unspecified atom stereocenters. The lowest BCUT2D eigenvalue weighted by molar-refractivity contribution is 0.225. The Bertz CT molecular complexity index is 684. The average molecular weight is 387 g/mol. The van der Waals surface area contributed by atoms with Gasteiger partial charge in [-0.1, -0.05) is 12.1 Å². The lowest BCUT2D eigenvalue weighted by Gasteiger charge is -2.10. The van der Waals surface area contributed by atoms with E-state index in [0.29, 0.717) is 0 Å². The van der Waals surface area contributed by atoms with E-state index in [1.807, 2.05) is 36.5 Å². The zero-order valence-corrected chi connectivity index (χ0v) is 13.1. The van der Waals surface area contributed by atoms with Crippen LogP contribution >= 0.6 is 43.2 Å². The molecule has 2 aromatic heterocycles. The standard InChI is InChI=1S/C13H9Br2NOS/c14-9-6-11(18-13(9)15)12(17)8-2-1-3-10-7(8)4-5-16-10/h1-6,12,16-17H. The summed E-state index contributed by atoms with van der Waals surface area (Å²) in [5, 5.41) is 11.6. The molecule has 3 aromatic rings. The molecule has 0 aliphatic carbocycles. The molecule has 2 N–H and O–H groups in total. The maximum atomic E-state index is 10.5. The number of fused-ring (bicyclic) bond motifs is 1. The van der Waals surface area contributed by atoms with Crippen LogP contribution in [0.4, 0.5) is 0 Å². The van der Waals surface area contributed by atoms with E-state index in [0.717, 1.165) is 29.6 Å². The maximum absolute atomic E-state index is 10.5. The number of H-pyrrole nitrogens is 1. The fourth-order valence-electron chi connectivity index (χ4n) is 2.00. The van der Waals surface area contributed by atoms with Gasteiger partial charge >= 0.3 is 0 Å². The first-order chi connectivity index (χ1) is 8.66. The number of thiophene rings is 1. The zero-order valence-electron chi connectivity index (χ0n) is 9.15. The predicted octanol–water partition coefficient (Wildman–Crippen LogP) is 4.84. The molecular formula is C13H9Br2NOS. The number of halogens is 2. The van der Waals surface area contributed by atoms with Crippen molar-refractivity contribution in [3.05, 3.63) is 55.2 Å². The Morgan fingerprint density at radius 2 is 2.06 bits per heavy atom. The number of hydrogen-bond donors (Lipinski definition) is 2. The van der Waals surface area contributed by atoms with Crippen molar-refractivity contribution in [2.75, 3.05) is 0 Å². The summed E-state index contributed by atoms with van der Waals surface area (Å²) in [6.07, 6.45) is 1.29. The van der Waals surface area contributed by atoms with Gasteiger partial charge in [0, 0.05) is 26.4 Å². The molecule has 0 aliphatic rings. The van der Waals surface area contributed by atoms with Crippen LogP contribution in [0.1, 0.15) is 16.5 Å². The summed E-state index contributed by atoms with van der Waals surface area (Å²) in [4.78, 5) is 4.08. The van der Waals surface area contributed by atoms with Crippen molar-refractivity contribution in [2.24, 2.45) is 0 Å². The van der Waals surface area contributed by atoms with Crippen LogP contribution in [0.2, 0.25) is 0 Å². The van der Waals surface area contributed by atoms with E-state index in [2.05, 4.69) is 36.8 Å². The van der Waals surface area contributed by atoms with Gasteiger partial charge in [-0.25, -0.2) is 0 Å². The molecule has 0 amide bonds. The van der Waals surface area contributed by atoms with Crippen molar-refractivity contribution < 1.29 is 5.11 Å². The van der Waals surface area contributed by atoms with Gasteiger partial charge in [-0.15, -0.1) is 11.3 Å². The van der Waals surface area contributed by atoms with Crippen LogP contribution in [-0.2, 0) is 0 Å². The molecule has 18 heavy (non-hydrogen) atoms. The van der Waals surface area contributed by atoms with Crippen molar-refractivity contribution >= 4 is 54.1 Å². The Kier molecular flexibility index (Phi) is 3.32. The third kappa shape index (κ3) is 2.05. The van der Waals surface area contributed by atoms with Gasteiger partial charge in [0.25, 0.3) is 0 Å². The first-order valence-electron chi connectivity index (χ1n) is 5.35. The van der Waals surface area contributed by atoms with Crippen molar-refractivity contribution in [3.63, 3.8) is 0 Å². The fourth-order valence-corrected chi connectivity index (χ4v) is 4.09. The van der Waals surface area contributed by atoms with Crippen LogP contribution < -0.4 is 0 Å². The third-order valence-electron chi connectivity index (χ3n) is 2.86. The molecule has 92 valence electrons. The molecule has 2 nitrogen and oxygen atoms in total. The van der Waals surface area contributed by atoms with Crippen molar-refractivity contribution in [3.8, 4) is 0 Å². The SMILES string of the molecule is OC(c1cc(Br)c(Br)s1)c1cccc2[nH]ccc12. The topological polar surface area (TPSA) is 36.0 Å². The molecule has 0 aliphatic heterocycles. The van der Waals surface area contributed by atoms with E-state index in [4.69, 9.17) is 0 Å². The van der Waals surface area contributed by atoms with E-state index in [9.17, 15) is 5.11 Å². The number of rotatable bonds is 2. The Morgan fingerprint density at radius 1 is 1.22 bits per heavy atom. The summed E-state index contributed by atoms with van der Waals surface area (Å²) in [6, 6.07) is 9.86. The lowest BCUT2D eigenvalue weighted by Crippen LogP contribution is -1.97. The lowest BCUT2D eigenvalue weighted by atomic mass is 10.0. The molecule has 3 rings (SSSR count). The Labute approximate surface area is 125 Å². The van der Waals surface area contributed by atoms with Gasteiger partial charge in [-0.3, -0.25) is 0 Å². The Balaban J connectivity index is 2.11. The van der Waals surface area contributed by atoms with Gasteiger partial charge in [0.1, 0.15) is 6.10 Å². The van der Waals surface area contributed by atoms with Gasteiger partial charge in [0.15, 0.2) is 0 Å². The van der Waals surface area contributed by atoms with E-state index >= 15 is 0 Å². The predicted molar refractivity (Wildman–Crippen MR) is 82.1 cm³/mol. The molecule has 0 saturated heterocycles. The van der Waals surface area contributed by atoms with E-state index in [1.54, 1.807) is 0 Å². The summed E-state index contributed by atoms with van der Waals surface area (Å²) in [5.41, 5.74) is 1.97. The van der Waals surface area contributed by atoms with E-state index in [1.165, 1.54) is 11.3 Å². The van der Waals surface area contributed by atoms with Crippen molar-refractivity contribution in [1.82, 2.24) is 4.98 Å². The highest BCUT2D eigenvalue weighted by atomic mass is 79.9. The molecule has 0 spiro atoms. The summed E-state index contributed by atoms with van der Waals surface area (Å²) in [6.45, 7) is 0. The van der Waals surface area contributed by atoms with Gasteiger partial charge in [0.05, 0.1) is 3.79 Å². The quantitative estimate of drug-likeness (QED) is 0.649. The van der Waals surface area contributed by atoms with E-state index in [-0.39, 0.29) is 0 Å². The van der Waals surface area contributed by atoms with Gasteiger partial charge < -0.3 is 10.1 Å². The van der Waals surface area contributed by atoms with Crippen molar-refractivity contribution in [1.29, 1.82) is 0 Å². The summed E-state index contributed by atoms with van der Waals surface area (Å²) in [5.74, 6) is 0. The van der Waals surface area contributed by atoms with Crippen LogP contribution in [0, 0.1) is 0 Å². The van der Waals surface area contributed by atoms with Crippen LogP contribution in [-0.4, -0.2) is 10.1 Å². The second-order valence-corrected chi connectivity index (χ2v) is 7.22. The molecule has 0 bridgehead atoms. The second kappa shape index (κ2) is 4.81. The summed E-state index contributed by atoms with van der Waals surface area (Å²) in [7, 11) is 0. The van der Waals surface area contributed by atoms with Gasteiger partial charge in [-0.05, 0) is 55.6 Å². The Hall–Kier alpha value is -0.620. The number of hydrogen-bond acceptors (Lipinski definition) is 2. The number of nitrogens with one attached hydrogen (secondary N) is 1. The van der Waals surface area contributed by atoms with Crippen LogP contribution in [0.3, 0.4) is 0 Å². The third-order valence-corrected chi connectivity index (χ3v) is 6.17. The first kappa shape index (κ1) is 12.4. The number of aliphatic hydroxyl groups excluding tert-OH is 1. The van der Waals surface area contributed by atoms with Gasteiger partial charge in [0.2, 0.25) is 0 Å². The summed E-state index contributed by atoms with van der Waals surface area (Å²) >= 11 is 8.44. The largest absolute Gasteiger partial charge is 0.383 e. The second-order valence-electron chi connectivity index (χ2n) is 3.96. The highest BCUT2D eigenvalue weighted by molar-refractivity contribution is 9.13. The molecule has 0 saturated carbocycles. The number of benzene rings is 1. The molecular weight excluding hydrogens is 378 g/mol. The minimum Gasteiger partial charge on any atom is -0.383 e. The monoisotopic (exact) mass is 385 g/mol. The molecule has 2 heterocycles. The van der Waals surface area contributed by atoms with Crippen LogP contribution in [0.5, 0.6) is 0 Å². The smallest absolute Gasteiger partial charge is 0.114 e. The average Bonchev–Trinajstić information content (AvgIpc) is 2.95. The van der Waals surface area contributed by atoms with Crippen LogP contribution in [0.25, 0.3) is 10.9 Å². The molecule has 5 heteroatoms. The zero-order chi connectivity index (χ0) is 12.7. The minimum absolute atomic E-state index is 0.600. The minimum atomic E-state index is -0.600. The van der Waals surface area contributed by atoms with Gasteiger partial charge in [-0.2, -0.15) is 0 Å². The molecule has 0 fully saturated rings. The normalized spacial score (nSPS) is 13.1. The van der Waals surface area contributed by atoms with Crippen molar-refractivity contribution in [2.45, 2.75) is 6.10 Å². The fraction of sp³-hybridized carbons (Fsp3) is 0.0769. The number of aliphatic hydroxyl groups is 1. The number of aromatic amines is 1. The maximum Gasteiger partial charge on any atom is 0.114 e. The molecule has 1 atom stereocenters. The number of aromatic nitrogens is 1. The summed E-state index contributed by atoms with van der Waals surface area (Å²) < 4.78 is 1.97. The highest BCUT2D eigenvalue weighted by Gasteiger charge is 2.17. The van der Waals surface area contributed by atoms with E-state index < -0.39 is 6.10 Å². The molecule has 0 radical (unpaired) electrons. The molecule has 1 aromatic carbocycles. The van der Waals surface area contributed by atoms with Crippen LogP contribution in [0.15, 0.2) is 44.8 Å². The highest BCUT2D eigenvalue weighted by Crippen LogP contribution is 2.38. The Morgan fingerprint density at radius 3 is 2.78 bits per heavy atom.